The summed E-state index contributed by atoms with van der Waals surface area (Å²) in [6.45, 7) is 1.73. The van der Waals surface area contributed by atoms with Crippen molar-refractivity contribution in [1.29, 1.82) is 0 Å². The minimum Gasteiger partial charge on any atom is -0.308 e. The molecule has 1 aromatic carbocycles. The monoisotopic (exact) mass is 387 g/mol. The number of pyridine rings is 1. The zero-order valence-corrected chi connectivity index (χ0v) is 14.5. The first-order valence-corrected chi connectivity index (χ1v) is 9.21. The molecule has 1 aromatic heterocycles. The second kappa shape index (κ2) is 7.73. The Morgan fingerprint density at radius 2 is 1.88 bits per heavy atom. The fourth-order valence-corrected chi connectivity index (χ4v) is 3.47. The van der Waals surface area contributed by atoms with E-state index in [2.05, 4.69) is 15.6 Å². The highest BCUT2D eigenvalue weighted by Crippen LogP contribution is 2.29. The van der Waals surface area contributed by atoms with Crippen LogP contribution in [0.25, 0.3) is 0 Å². The van der Waals surface area contributed by atoms with Gasteiger partial charge in [-0.15, -0.1) is 0 Å². The molecule has 0 saturated heterocycles. The number of alkyl halides is 3. The summed E-state index contributed by atoms with van der Waals surface area (Å²) in [5, 5.41) is 4.54. The van der Waals surface area contributed by atoms with Crippen LogP contribution in [0, 0.1) is 0 Å². The zero-order valence-electron chi connectivity index (χ0n) is 13.7. The van der Waals surface area contributed by atoms with Gasteiger partial charge >= 0.3 is 12.2 Å². The lowest BCUT2D eigenvalue weighted by atomic mass is 10.2. The van der Waals surface area contributed by atoms with Crippen molar-refractivity contribution in [2.24, 2.45) is 0 Å². The van der Waals surface area contributed by atoms with Crippen molar-refractivity contribution in [2.75, 3.05) is 16.4 Å². The molecule has 0 bridgehead atoms. The van der Waals surface area contributed by atoms with E-state index in [1.54, 1.807) is 6.92 Å². The Labute approximate surface area is 148 Å². The molecule has 10 heteroatoms. The molecular formula is C16H16F3N3O3S. The molecule has 2 rings (SSSR count). The van der Waals surface area contributed by atoms with E-state index in [-0.39, 0.29) is 22.2 Å². The van der Waals surface area contributed by atoms with E-state index in [1.165, 1.54) is 24.3 Å². The Balaban J connectivity index is 2.12. The molecule has 0 atom stereocenters. The highest BCUT2D eigenvalue weighted by atomic mass is 32.2. The van der Waals surface area contributed by atoms with E-state index in [4.69, 9.17) is 0 Å². The summed E-state index contributed by atoms with van der Waals surface area (Å²) in [6, 6.07) is 6.24. The lowest BCUT2D eigenvalue weighted by Gasteiger charge is -2.11. The van der Waals surface area contributed by atoms with Crippen LogP contribution in [0.15, 0.2) is 47.5 Å². The van der Waals surface area contributed by atoms with Gasteiger partial charge < -0.3 is 5.32 Å². The quantitative estimate of drug-likeness (QED) is 0.814. The van der Waals surface area contributed by atoms with Crippen LogP contribution in [0.2, 0.25) is 0 Å². The molecule has 0 aliphatic heterocycles. The second-order valence-corrected chi connectivity index (χ2v) is 7.46. The van der Waals surface area contributed by atoms with Crippen molar-refractivity contribution in [1.82, 2.24) is 4.98 Å². The van der Waals surface area contributed by atoms with Gasteiger partial charge in [-0.3, -0.25) is 5.32 Å². The molecule has 0 saturated carbocycles. The Kier molecular flexibility index (Phi) is 5.86. The van der Waals surface area contributed by atoms with E-state index in [0.29, 0.717) is 12.5 Å². The Morgan fingerprint density at radius 3 is 2.54 bits per heavy atom. The molecule has 0 aliphatic carbocycles. The van der Waals surface area contributed by atoms with Gasteiger partial charge in [-0.05, 0) is 36.8 Å². The number of hydrogen-bond acceptors (Lipinski definition) is 4. The summed E-state index contributed by atoms with van der Waals surface area (Å²) in [4.78, 5) is 15.6. The molecule has 2 aromatic rings. The molecule has 2 amide bonds. The summed E-state index contributed by atoms with van der Waals surface area (Å²) < 4.78 is 62.1. The number of urea groups is 1. The number of nitrogens with zero attached hydrogens (tertiary/aromatic N) is 1. The van der Waals surface area contributed by atoms with Crippen LogP contribution in [0.1, 0.15) is 18.9 Å². The average Bonchev–Trinajstić information content (AvgIpc) is 2.54. The fraction of sp³-hybridized carbons (Fsp3) is 0.250. The van der Waals surface area contributed by atoms with E-state index >= 15 is 0 Å². The van der Waals surface area contributed by atoms with Gasteiger partial charge in [0.15, 0.2) is 9.84 Å². The Hall–Kier alpha value is -2.62. The maximum absolute atomic E-state index is 12.7. The van der Waals surface area contributed by atoms with Crippen LogP contribution < -0.4 is 10.6 Å². The summed E-state index contributed by atoms with van der Waals surface area (Å²) in [5.41, 5.74) is -0.762. The van der Waals surface area contributed by atoms with Crippen molar-refractivity contribution >= 4 is 27.4 Å². The van der Waals surface area contributed by atoms with Crippen LogP contribution in [-0.2, 0) is 16.0 Å². The molecule has 6 nitrogen and oxygen atoms in total. The number of aromatic nitrogens is 1. The summed E-state index contributed by atoms with van der Waals surface area (Å²) in [5.74, 6) is -0.316. The van der Waals surface area contributed by atoms with Gasteiger partial charge in [0.25, 0.3) is 0 Å². The number of hydrogen-bond donors (Lipinski definition) is 2. The molecule has 0 radical (unpaired) electrons. The highest BCUT2D eigenvalue weighted by Gasteiger charge is 2.30. The molecule has 0 spiro atoms. The van der Waals surface area contributed by atoms with Crippen molar-refractivity contribution in [3.63, 3.8) is 0 Å². The van der Waals surface area contributed by atoms with Gasteiger partial charge in [0.1, 0.15) is 5.82 Å². The highest BCUT2D eigenvalue weighted by molar-refractivity contribution is 7.91. The van der Waals surface area contributed by atoms with E-state index in [9.17, 15) is 26.4 Å². The van der Waals surface area contributed by atoms with Gasteiger partial charge in [-0.25, -0.2) is 18.2 Å². The number of halogens is 3. The minimum atomic E-state index is -4.56. The summed E-state index contributed by atoms with van der Waals surface area (Å²) in [7, 11) is -3.46. The van der Waals surface area contributed by atoms with Crippen LogP contribution in [-0.4, -0.2) is 25.2 Å². The maximum Gasteiger partial charge on any atom is 0.416 e. The molecule has 140 valence electrons. The Morgan fingerprint density at radius 1 is 1.15 bits per heavy atom. The lowest BCUT2D eigenvalue weighted by Crippen LogP contribution is -2.20. The number of carbonyl (C=O) groups excluding carboxylic acids is 1. The SMILES string of the molecule is CCCS(=O)(=O)c1cccc(NC(=O)Nc2cc(C(F)(F)F)ccn2)c1. The van der Waals surface area contributed by atoms with E-state index in [0.717, 1.165) is 12.3 Å². The first-order valence-electron chi connectivity index (χ1n) is 7.56. The van der Waals surface area contributed by atoms with E-state index < -0.39 is 27.6 Å². The topological polar surface area (TPSA) is 88.2 Å². The fourth-order valence-electron chi connectivity index (χ4n) is 2.11. The van der Waals surface area contributed by atoms with Crippen LogP contribution in [0.4, 0.5) is 29.5 Å². The van der Waals surface area contributed by atoms with Crippen molar-refractivity contribution in [3.8, 4) is 0 Å². The second-order valence-electron chi connectivity index (χ2n) is 5.35. The third-order valence-electron chi connectivity index (χ3n) is 3.25. The van der Waals surface area contributed by atoms with E-state index in [1.807, 2.05) is 0 Å². The standard InChI is InChI=1S/C16H16F3N3O3S/c1-2-8-26(24,25)13-5-3-4-12(10-13)21-15(23)22-14-9-11(6-7-20-14)16(17,18)19/h3-7,9-10H,2,8H2,1H3,(H2,20,21,22,23). The van der Waals surface area contributed by atoms with Crippen LogP contribution >= 0.6 is 0 Å². The van der Waals surface area contributed by atoms with Crippen LogP contribution in [0.3, 0.4) is 0 Å². The maximum atomic E-state index is 12.7. The van der Waals surface area contributed by atoms with Gasteiger partial charge in [0.05, 0.1) is 16.2 Å². The number of sulfone groups is 1. The number of benzene rings is 1. The van der Waals surface area contributed by atoms with Crippen molar-refractivity contribution < 1.29 is 26.4 Å². The molecule has 26 heavy (non-hydrogen) atoms. The summed E-state index contributed by atoms with van der Waals surface area (Å²) in [6.07, 6.45) is -3.18. The summed E-state index contributed by atoms with van der Waals surface area (Å²) >= 11 is 0. The van der Waals surface area contributed by atoms with Gasteiger partial charge in [0.2, 0.25) is 0 Å². The number of rotatable bonds is 5. The smallest absolute Gasteiger partial charge is 0.308 e. The first kappa shape index (κ1) is 19.7. The molecule has 0 unspecified atom stereocenters. The third-order valence-corrected chi connectivity index (χ3v) is 5.17. The van der Waals surface area contributed by atoms with Crippen molar-refractivity contribution in [2.45, 2.75) is 24.4 Å². The minimum absolute atomic E-state index is 0.0309. The van der Waals surface area contributed by atoms with Gasteiger partial charge in [-0.2, -0.15) is 13.2 Å². The molecule has 0 fully saturated rings. The predicted octanol–water partition coefficient (Wildman–Crippen LogP) is 3.93. The van der Waals surface area contributed by atoms with Gasteiger partial charge in [0, 0.05) is 11.9 Å². The van der Waals surface area contributed by atoms with Gasteiger partial charge in [-0.1, -0.05) is 13.0 Å². The molecular weight excluding hydrogens is 371 g/mol. The average molecular weight is 387 g/mol. The van der Waals surface area contributed by atoms with Crippen LogP contribution in [0.5, 0.6) is 0 Å². The third kappa shape index (κ3) is 5.19. The molecule has 1 heterocycles. The number of amides is 2. The zero-order chi connectivity index (χ0) is 19.4. The number of nitrogens with one attached hydrogen (secondary N) is 2. The first-order chi connectivity index (χ1) is 12.1. The lowest BCUT2D eigenvalue weighted by molar-refractivity contribution is -0.137. The predicted molar refractivity (Wildman–Crippen MR) is 90.7 cm³/mol. The normalized spacial score (nSPS) is 11.8. The Bertz CT molecular complexity index is 899. The van der Waals surface area contributed by atoms with Crippen molar-refractivity contribution in [3.05, 3.63) is 48.2 Å². The molecule has 0 aliphatic rings. The largest absolute Gasteiger partial charge is 0.416 e. The number of anilines is 2. The molecule has 2 N–H and O–H groups in total. The number of carbonyl (C=O) groups is 1.